The van der Waals surface area contributed by atoms with Crippen molar-refractivity contribution in [1.29, 1.82) is 0 Å². The Morgan fingerprint density at radius 2 is 2.42 bits per heavy atom. The first-order valence-electron chi connectivity index (χ1n) is 3.38. The highest BCUT2D eigenvalue weighted by atomic mass is 35.5. The standard InChI is InChI=1S/C7H8ClN3O/c1-4(11-12)5-2-7(8)10-3-6(5)9/h2-4H,9H2,1H3. The monoisotopic (exact) mass is 185 g/mol. The minimum Gasteiger partial charge on any atom is -0.397 e. The fourth-order valence-electron chi connectivity index (χ4n) is 0.873. The molecule has 0 aliphatic rings. The van der Waals surface area contributed by atoms with Gasteiger partial charge in [0.2, 0.25) is 0 Å². The maximum Gasteiger partial charge on any atom is 0.129 e. The lowest BCUT2D eigenvalue weighted by Crippen LogP contribution is -1.97. The molecule has 0 amide bonds. The molecule has 0 fully saturated rings. The molecule has 0 bridgehead atoms. The molecule has 12 heavy (non-hydrogen) atoms. The van der Waals surface area contributed by atoms with E-state index in [4.69, 9.17) is 17.3 Å². The second-order valence-corrected chi connectivity index (χ2v) is 2.80. The smallest absolute Gasteiger partial charge is 0.129 e. The van der Waals surface area contributed by atoms with Gasteiger partial charge in [-0.25, -0.2) is 4.98 Å². The second kappa shape index (κ2) is 3.49. The second-order valence-electron chi connectivity index (χ2n) is 2.42. The normalized spacial score (nSPS) is 12.5. The van der Waals surface area contributed by atoms with E-state index in [0.29, 0.717) is 16.4 Å². The molecule has 2 N–H and O–H groups in total. The van der Waals surface area contributed by atoms with Crippen LogP contribution in [0.25, 0.3) is 0 Å². The molecule has 4 nitrogen and oxygen atoms in total. The van der Waals surface area contributed by atoms with Crippen molar-refractivity contribution in [2.45, 2.75) is 13.0 Å². The molecular weight excluding hydrogens is 178 g/mol. The average molecular weight is 186 g/mol. The van der Waals surface area contributed by atoms with Crippen molar-refractivity contribution in [3.63, 3.8) is 0 Å². The van der Waals surface area contributed by atoms with Crippen molar-refractivity contribution in [3.8, 4) is 0 Å². The van der Waals surface area contributed by atoms with Gasteiger partial charge in [0, 0.05) is 5.56 Å². The maximum atomic E-state index is 10.2. The zero-order valence-corrected chi connectivity index (χ0v) is 7.25. The van der Waals surface area contributed by atoms with Gasteiger partial charge in [-0.05, 0) is 13.0 Å². The van der Waals surface area contributed by atoms with Crippen LogP contribution in [-0.2, 0) is 0 Å². The van der Waals surface area contributed by atoms with Crippen molar-refractivity contribution < 1.29 is 0 Å². The Labute approximate surface area is 74.7 Å². The van der Waals surface area contributed by atoms with Crippen LogP contribution in [0.2, 0.25) is 5.15 Å². The zero-order valence-electron chi connectivity index (χ0n) is 6.49. The van der Waals surface area contributed by atoms with Crippen LogP contribution in [0, 0.1) is 4.91 Å². The van der Waals surface area contributed by atoms with Crippen LogP contribution in [-0.4, -0.2) is 4.98 Å². The molecule has 0 aliphatic carbocycles. The summed E-state index contributed by atoms with van der Waals surface area (Å²) in [4.78, 5) is 14.0. The molecule has 1 aromatic heterocycles. The molecule has 64 valence electrons. The molecule has 0 saturated carbocycles. The Morgan fingerprint density at radius 3 is 3.00 bits per heavy atom. The van der Waals surface area contributed by atoms with Gasteiger partial charge in [-0.3, -0.25) is 0 Å². The predicted octanol–water partition coefficient (Wildman–Crippen LogP) is 2.14. The summed E-state index contributed by atoms with van der Waals surface area (Å²) in [6, 6.07) is 1.06. The van der Waals surface area contributed by atoms with E-state index in [1.165, 1.54) is 6.20 Å². The van der Waals surface area contributed by atoms with Crippen molar-refractivity contribution in [2.24, 2.45) is 5.18 Å². The molecule has 1 unspecified atom stereocenters. The fraction of sp³-hybridized carbons (Fsp3) is 0.286. The molecule has 1 heterocycles. The number of nitrogens with two attached hydrogens (primary N) is 1. The zero-order chi connectivity index (χ0) is 9.14. The van der Waals surface area contributed by atoms with Gasteiger partial charge < -0.3 is 5.73 Å². The SMILES string of the molecule is CC(N=O)c1cc(Cl)ncc1N. The summed E-state index contributed by atoms with van der Waals surface area (Å²) in [6.07, 6.45) is 1.42. The third-order valence-corrected chi connectivity index (χ3v) is 1.75. The number of rotatable bonds is 2. The summed E-state index contributed by atoms with van der Waals surface area (Å²) in [6.45, 7) is 1.65. The van der Waals surface area contributed by atoms with Gasteiger partial charge in [0.05, 0.1) is 11.9 Å². The number of nitrogens with zero attached hydrogens (tertiary/aromatic N) is 2. The summed E-state index contributed by atoms with van der Waals surface area (Å²) in [7, 11) is 0. The van der Waals surface area contributed by atoms with Crippen molar-refractivity contribution in [2.75, 3.05) is 5.73 Å². The number of nitroso groups, excluding NO2 is 1. The van der Waals surface area contributed by atoms with Gasteiger partial charge >= 0.3 is 0 Å². The van der Waals surface area contributed by atoms with Crippen LogP contribution < -0.4 is 5.73 Å². The topological polar surface area (TPSA) is 68.3 Å². The molecule has 0 spiro atoms. The Kier molecular flexibility index (Phi) is 2.60. The first kappa shape index (κ1) is 8.93. The molecule has 1 atom stereocenters. The minimum atomic E-state index is -0.481. The Morgan fingerprint density at radius 1 is 1.75 bits per heavy atom. The van der Waals surface area contributed by atoms with Gasteiger partial charge in [-0.15, -0.1) is 0 Å². The highest BCUT2D eigenvalue weighted by molar-refractivity contribution is 6.29. The number of hydrogen-bond donors (Lipinski definition) is 1. The van der Waals surface area contributed by atoms with E-state index in [-0.39, 0.29) is 0 Å². The van der Waals surface area contributed by atoms with E-state index >= 15 is 0 Å². The number of nitrogen functional groups attached to an aromatic ring is 1. The average Bonchev–Trinajstić information content (AvgIpc) is 2.08. The third-order valence-electron chi connectivity index (χ3n) is 1.54. The first-order valence-corrected chi connectivity index (χ1v) is 3.76. The maximum absolute atomic E-state index is 10.2. The van der Waals surface area contributed by atoms with Crippen LogP contribution in [0.15, 0.2) is 17.4 Å². The number of aromatic nitrogens is 1. The van der Waals surface area contributed by atoms with Gasteiger partial charge in [0.1, 0.15) is 11.2 Å². The summed E-state index contributed by atoms with van der Waals surface area (Å²) < 4.78 is 0. The summed E-state index contributed by atoms with van der Waals surface area (Å²) >= 11 is 5.61. The number of anilines is 1. The van der Waals surface area contributed by atoms with E-state index in [2.05, 4.69) is 10.2 Å². The Balaban J connectivity index is 3.12. The molecular formula is C7H8ClN3O. The largest absolute Gasteiger partial charge is 0.397 e. The number of hydrogen-bond acceptors (Lipinski definition) is 4. The van der Waals surface area contributed by atoms with E-state index in [0.717, 1.165) is 0 Å². The van der Waals surface area contributed by atoms with Crippen molar-refractivity contribution in [1.82, 2.24) is 4.98 Å². The van der Waals surface area contributed by atoms with Crippen LogP contribution in [0.4, 0.5) is 5.69 Å². The Bertz CT molecular complexity index is 303. The molecule has 0 aromatic carbocycles. The quantitative estimate of drug-likeness (QED) is 0.567. The van der Waals surface area contributed by atoms with E-state index in [9.17, 15) is 4.91 Å². The lowest BCUT2D eigenvalue weighted by Gasteiger charge is -2.05. The van der Waals surface area contributed by atoms with Crippen LogP contribution in [0.1, 0.15) is 18.5 Å². The lowest BCUT2D eigenvalue weighted by atomic mass is 10.1. The predicted molar refractivity (Wildman–Crippen MR) is 47.9 cm³/mol. The van der Waals surface area contributed by atoms with E-state index in [1.807, 2.05) is 0 Å². The summed E-state index contributed by atoms with van der Waals surface area (Å²) in [5.74, 6) is 0. The number of halogens is 1. The third kappa shape index (κ3) is 1.71. The highest BCUT2D eigenvalue weighted by Crippen LogP contribution is 2.24. The molecule has 5 heteroatoms. The van der Waals surface area contributed by atoms with Crippen LogP contribution in [0.3, 0.4) is 0 Å². The number of pyridine rings is 1. The fourth-order valence-corrected chi connectivity index (χ4v) is 1.04. The molecule has 1 aromatic rings. The molecule has 0 saturated heterocycles. The van der Waals surface area contributed by atoms with Crippen LogP contribution in [0.5, 0.6) is 0 Å². The lowest BCUT2D eigenvalue weighted by molar-refractivity contribution is 0.812. The highest BCUT2D eigenvalue weighted by Gasteiger charge is 2.09. The van der Waals surface area contributed by atoms with Crippen LogP contribution >= 0.6 is 11.6 Å². The van der Waals surface area contributed by atoms with E-state index < -0.39 is 6.04 Å². The summed E-state index contributed by atoms with van der Waals surface area (Å²) in [5, 5.41) is 3.16. The van der Waals surface area contributed by atoms with Crippen molar-refractivity contribution in [3.05, 3.63) is 27.9 Å². The molecule has 0 aliphatic heterocycles. The van der Waals surface area contributed by atoms with Gasteiger partial charge in [0.25, 0.3) is 0 Å². The Hall–Kier alpha value is -1.16. The van der Waals surface area contributed by atoms with Gasteiger partial charge in [0.15, 0.2) is 0 Å². The molecule has 1 rings (SSSR count). The summed E-state index contributed by atoms with van der Waals surface area (Å²) in [5.41, 5.74) is 6.60. The first-order chi connectivity index (χ1) is 5.65. The molecule has 0 radical (unpaired) electrons. The van der Waals surface area contributed by atoms with E-state index in [1.54, 1.807) is 13.0 Å². The van der Waals surface area contributed by atoms with Gasteiger partial charge in [-0.1, -0.05) is 16.8 Å². The van der Waals surface area contributed by atoms with Crippen molar-refractivity contribution >= 4 is 17.3 Å². The van der Waals surface area contributed by atoms with Gasteiger partial charge in [-0.2, -0.15) is 4.91 Å². The minimum absolute atomic E-state index is 0.315.